The molecule has 0 atom stereocenters. The lowest BCUT2D eigenvalue weighted by atomic mass is 10.3. The predicted octanol–water partition coefficient (Wildman–Crippen LogP) is 1.66. The highest BCUT2D eigenvalue weighted by molar-refractivity contribution is 5.93. The summed E-state index contributed by atoms with van der Waals surface area (Å²) < 4.78 is 5.38. The van der Waals surface area contributed by atoms with Crippen LogP contribution in [0.15, 0.2) is 24.3 Å². The molecule has 5 heteroatoms. The first kappa shape index (κ1) is 14.7. The van der Waals surface area contributed by atoms with Crippen molar-refractivity contribution >= 4 is 24.0 Å². The van der Waals surface area contributed by atoms with Gasteiger partial charge in [-0.15, -0.1) is 12.4 Å². The number of nitrogens with one attached hydrogen (secondary N) is 2. The maximum absolute atomic E-state index is 11.3. The molecule has 0 unspecified atom stereocenters. The summed E-state index contributed by atoms with van der Waals surface area (Å²) in [5.41, 5.74) is 0.708. The van der Waals surface area contributed by atoms with E-state index in [2.05, 4.69) is 10.6 Å². The molecule has 1 rings (SSSR count). The van der Waals surface area contributed by atoms with E-state index in [0.717, 1.165) is 0 Å². The molecule has 90 valence electrons. The van der Waals surface area contributed by atoms with Gasteiger partial charge < -0.3 is 15.4 Å². The lowest BCUT2D eigenvalue weighted by Crippen LogP contribution is -2.25. The van der Waals surface area contributed by atoms with Gasteiger partial charge in [0.15, 0.2) is 0 Å². The molecule has 0 radical (unpaired) electrons. The molecular weight excluding hydrogens is 228 g/mol. The molecule has 0 saturated carbocycles. The smallest absolute Gasteiger partial charge is 0.238 e. The minimum atomic E-state index is -0.0790. The Hall–Kier alpha value is -1.26. The second-order valence-corrected chi connectivity index (χ2v) is 3.01. The topological polar surface area (TPSA) is 50.4 Å². The quantitative estimate of drug-likeness (QED) is 0.829. The fraction of sp³-hybridized carbons (Fsp3) is 0.364. The maximum atomic E-state index is 11.3. The Morgan fingerprint density at radius 2 is 2.06 bits per heavy atom. The van der Waals surface area contributed by atoms with Crippen LogP contribution in [0.2, 0.25) is 0 Å². The minimum absolute atomic E-state index is 0. The van der Waals surface area contributed by atoms with Crippen LogP contribution in [0.3, 0.4) is 0 Å². The van der Waals surface area contributed by atoms with Crippen LogP contribution >= 0.6 is 12.4 Å². The zero-order valence-electron chi connectivity index (χ0n) is 9.45. The molecule has 0 spiro atoms. The zero-order valence-corrected chi connectivity index (χ0v) is 10.3. The highest BCUT2D eigenvalue weighted by Crippen LogP contribution is 2.23. The third-order valence-electron chi connectivity index (χ3n) is 1.80. The molecule has 0 aliphatic rings. The number of benzene rings is 1. The molecule has 0 aromatic heterocycles. The van der Waals surface area contributed by atoms with Gasteiger partial charge in [0, 0.05) is 0 Å². The predicted molar refractivity (Wildman–Crippen MR) is 67.4 cm³/mol. The van der Waals surface area contributed by atoms with Gasteiger partial charge in [-0.3, -0.25) is 4.79 Å². The molecule has 1 aromatic carbocycles. The van der Waals surface area contributed by atoms with E-state index in [1.54, 1.807) is 7.05 Å². The molecule has 0 aliphatic carbocycles. The number of amides is 1. The van der Waals surface area contributed by atoms with Crippen molar-refractivity contribution in [3.05, 3.63) is 24.3 Å². The lowest BCUT2D eigenvalue weighted by Gasteiger charge is -2.10. The van der Waals surface area contributed by atoms with E-state index in [1.165, 1.54) is 0 Å². The second-order valence-electron chi connectivity index (χ2n) is 3.01. The van der Waals surface area contributed by atoms with E-state index in [4.69, 9.17) is 4.74 Å². The van der Waals surface area contributed by atoms with Gasteiger partial charge in [0.1, 0.15) is 5.75 Å². The summed E-state index contributed by atoms with van der Waals surface area (Å²) in [6.45, 7) is 2.78. The Balaban J connectivity index is 0.00000225. The van der Waals surface area contributed by atoms with Gasteiger partial charge in [-0.2, -0.15) is 0 Å². The summed E-state index contributed by atoms with van der Waals surface area (Å²) in [5.74, 6) is 0.620. The molecule has 0 aliphatic heterocycles. The monoisotopic (exact) mass is 244 g/mol. The normalized spacial score (nSPS) is 9.12. The van der Waals surface area contributed by atoms with Gasteiger partial charge >= 0.3 is 0 Å². The van der Waals surface area contributed by atoms with Crippen molar-refractivity contribution < 1.29 is 9.53 Å². The molecule has 4 nitrogen and oxygen atoms in total. The van der Waals surface area contributed by atoms with Crippen LogP contribution in [-0.2, 0) is 4.79 Å². The van der Waals surface area contributed by atoms with Crippen LogP contribution in [0.4, 0.5) is 5.69 Å². The van der Waals surface area contributed by atoms with Crippen LogP contribution < -0.4 is 15.4 Å². The summed E-state index contributed by atoms with van der Waals surface area (Å²) in [6.07, 6.45) is 0. The number of likely N-dealkylation sites (N-methyl/N-ethyl adjacent to an activating group) is 1. The fourth-order valence-corrected chi connectivity index (χ4v) is 1.21. The SMILES string of the molecule is CCOc1ccccc1NC(=O)CNC.Cl. The van der Waals surface area contributed by atoms with Crippen molar-refractivity contribution in [2.45, 2.75) is 6.92 Å². The van der Waals surface area contributed by atoms with Gasteiger partial charge in [-0.1, -0.05) is 12.1 Å². The number of hydrogen-bond acceptors (Lipinski definition) is 3. The molecule has 0 bridgehead atoms. The highest BCUT2D eigenvalue weighted by atomic mass is 35.5. The number of para-hydroxylation sites is 2. The third-order valence-corrected chi connectivity index (χ3v) is 1.80. The van der Waals surface area contributed by atoms with Crippen LogP contribution in [0.25, 0.3) is 0 Å². The molecule has 0 heterocycles. The Morgan fingerprint density at radius 3 is 2.69 bits per heavy atom. The van der Waals surface area contributed by atoms with Crippen molar-refractivity contribution in [1.29, 1.82) is 0 Å². The Kier molecular flexibility index (Phi) is 7.33. The number of ether oxygens (including phenoxy) is 1. The molecule has 1 amide bonds. The molecule has 16 heavy (non-hydrogen) atoms. The molecule has 2 N–H and O–H groups in total. The van der Waals surface area contributed by atoms with Crippen LogP contribution in [0.5, 0.6) is 5.75 Å². The van der Waals surface area contributed by atoms with Crippen molar-refractivity contribution in [1.82, 2.24) is 5.32 Å². The zero-order chi connectivity index (χ0) is 11.1. The minimum Gasteiger partial charge on any atom is -0.492 e. The number of hydrogen-bond donors (Lipinski definition) is 2. The number of carbonyl (C=O) groups excluding carboxylic acids is 1. The number of halogens is 1. The van der Waals surface area contributed by atoms with Crippen molar-refractivity contribution in [2.75, 3.05) is 25.5 Å². The first-order valence-corrected chi connectivity index (χ1v) is 4.94. The Morgan fingerprint density at radius 1 is 1.38 bits per heavy atom. The van der Waals surface area contributed by atoms with E-state index >= 15 is 0 Å². The number of carbonyl (C=O) groups is 1. The Labute approximate surface area is 102 Å². The van der Waals surface area contributed by atoms with Crippen LogP contribution in [0.1, 0.15) is 6.92 Å². The molecule has 0 fully saturated rings. The van der Waals surface area contributed by atoms with Gasteiger partial charge in [-0.05, 0) is 26.1 Å². The van der Waals surface area contributed by atoms with E-state index in [-0.39, 0.29) is 18.3 Å². The summed E-state index contributed by atoms with van der Waals surface area (Å²) in [6, 6.07) is 7.38. The standard InChI is InChI=1S/C11H16N2O2.ClH/c1-3-15-10-7-5-4-6-9(10)13-11(14)8-12-2;/h4-7,12H,3,8H2,1-2H3,(H,13,14);1H. The summed E-state index contributed by atoms with van der Waals surface area (Å²) >= 11 is 0. The van der Waals surface area contributed by atoms with Gasteiger partial charge in [0.2, 0.25) is 5.91 Å². The average Bonchev–Trinajstić information content (AvgIpc) is 2.21. The van der Waals surface area contributed by atoms with Gasteiger partial charge in [-0.25, -0.2) is 0 Å². The van der Waals surface area contributed by atoms with E-state index in [9.17, 15) is 4.79 Å². The Bertz CT molecular complexity index is 332. The maximum Gasteiger partial charge on any atom is 0.238 e. The molecule has 1 aromatic rings. The van der Waals surface area contributed by atoms with E-state index in [1.807, 2.05) is 31.2 Å². The first-order chi connectivity index (χ1) is 7.27. The first-order valence-electron chi connectivity index (χ1n) is 4.94. The summed E-state index contributed by atoms with van der Waals surface area (Å²) in [7, 11) is 1.73. The molecule has 0 saturated heterocycles. The van der Waals surface area contributed by atoms with Crippen molar-refractivity contribution in [3.8, 4) is 5.75 Å². The van der Waals surface area contributed by atoms with E-state index in [0.29, 0.717) is 24.6 Å². The third kappa shape index (κ3) is 4.51. The van der Waals surface area contributed by atoms with Gasteiger partial charge in [0.05, 0.1) is 18.8 Å². The molecular formula is C11H17ClN2O2. The largest absolute Gasteiger partial charge is 0.492 e. The van der Waals surface area contributed by atoms with Crippen molar-refractivity contribution in [2.24, 2.45) is 0 Å². The van der Waals surface area contributed by atoms with Gasteiger partial charge in [0.25, 0.3) is 0 Å². The summed E-state index contributed by atoms with van der Waals surface area (Å²) in [5, 5.41) is 5.56. The van der Waals surface area contributed by atoms with Crippen LogP contribution in [0, 0.1) is 0 Å². The average molecular weight is 245 g/mol. The van der Waals surface area contributed by atoms with E-state index < -0.39 is 0 Å². The summed E-state index contributed by atoms with van der Waals surface area (Å²) in [4.78, 5) is 11.3. The van der Waals surface area contributed by atoms with Crippen LogP contribution in [-0.4, -0.2) is 26.1 Å². The number of anilines is 1. The van der Waals surface area contributed by atoms with Crippen molar-refractivity contribution in [3.63, 3.8) is 0 Å². The fourth-order valence-electron chi connectivity index (χ4n) is 1.21. The lowest BCUT2D eigenvalue weighted by molar-refractivity contribution is -0.115. The number of rotatable bonds is 5. The second kappa shape index (κ2) is 7.96. The highest BCUT2D eigenvalue weighted by Gasteiger charge is 2.05.